The van der Waals surface area contributed by atoms with E-state index in [1.54, 1.807) is 6.33 Å². The van der Waals surface area contributed by atoms with E-state index in [9.17, 15) is 0 Å². The van der Waals surface area contributed by atoms with Crippen molar-refractivity contribution in [1.82, 2.24) is 9.97 Å². The summed E-state index contributed by atoms with van der Waals surface area (Å²) in [5.74, 6) is 7.21. The summed E-state index contributed by atoms with van der Waals surface area (Å²) >= 11 is 1.96. The van der Waals surface area contributed by atoms with Gasteiger partial charge in [0.15, 0.2) is 0 Å². The molecule has 0 amide bonds. The molecule has 19 heavy (non-hydrogen) atoms. The maximum atomic E-state index is 5.53. The molecule has 2 atom stereocenters. The van der Waals surface area contributed by atoms with E-state index in [1.165, 1.54) is 19.3 Å². The van der Waals surface area contributed by atoms with Crippen LogP contribution in [0.2, 0.25) is 0 Å². The fourth-order valence-electron chi connectivity index (χ4n) is 2.63. The van der Waals surface area contributed by atoms with Gasteiger partial charge in [-0.05, 0) is 31.9 Å². The maximum absolute atomic E-state index is 5.53. The second-order valence-electron chi connectivity index (χ2n) is 4.96. The molecule has 1 saturated carbocycles. The van der Waals surface area contributed by atoms with Crippen LogP contribution in [0, 0.1) is 0 Å². The Bertz CT molecular complexity index is 412. The Morgan fingerprint density at radius 1 is 1.37 bits per heavy atom. The average molecular weight is 281 g/mol. The molecule has 0 spiro atoms. The molecule has 6 heteroatoms. The predicted molar refractivity (Wildman–Crippen MR) is 82.4 cm³/mol. The van der Waals surface area contributed by atoms with Crippen LogP contribution in [0.4, 0.5) is 11.6 Å². The molecule has 106 valence electrons. The van der Waals surface area contributed by atoms with Crippen LogP contribution in [0.3, 0.4) is 0 Å². The van der Waals surface area contributed by atoms with Gasteiger partial charge in [-0.15, -0.1) is 0 Å². The zero-order valence-electron chi connectivity index (χ0n) is 11.6. The first-order chi connectivity index (χ1) is 9.28. The average Bonchev–Trinajstić information content (AvgIpc) is 2.88. The van der Waals surface area contributed by atoms with Crippen LogP contribution in [-0.4, -0.2) is 27.5 Å². The summed E-state index contributed by atoms with van der Waals surface area (Å²) in [5.41, 5.74) is 3.77. The number of nitrogens with one attached hydrogen (secondary N) is 2. The molecule has 5 nitrogen and oxygen atoms in total. The molecular formula is C13H23N5S. The fraction of sp³-hybridized carbons (Fsp3) is 0.692. The summed E-state index contributed by atoms with van der Waals surface area (Å²) in [7, 11) is 0. The highest BCUT2D eigenvalue weighted by atomic mass is 32.2. The van der Waals surface area contributed by atoms with Gasteiger partial charge in [0, 0.05) is 16.9 Å². The van der Waals surface area contributed by atoms with Crippen LogP contribution >= 0.6 is 11.8 Å². The molecule has 1 fully saturated rings. The van der Waals surface area contributed by atoms with Crippen molar-refractivity contribution in [3.63, 3.8) is 0 Å². The molecule has 1 heterocycles. The highest BCUT2D eigenvalue weighted by Crippen LogP contribution is 2.31. The fourth-order valence-corrected chi connectivity index (χ4v) is 3.42. The standard InChI is InChI=1S/C13H23N5S/c1-3-4-11-12(15-8-16-13(11)18-14)17-9-5-6-10(7-9)19-2/h8-10H,3-7,14H2,1-2H3,(H2,15,16,17,18). The quantitative estimate of drug-likeness (QED) is 0.549. The van der Waals surface area contributed by atoms with Crippen molar-refractivity contribution in [3.05, 3.63) is 11.9 Å². The third kappa shape index (κ3) is 3.51. The molecule has 1 aliphatic carbocycles. The van der Waals surface area contributed by atoms with E-state index in [0.717, 1.165) is 35.3 Å². The van der Waals surface area contributed by atoms with Gasteiger partial charge in [0.25, 0.3) is 0 Å². The Kier molecular flexibility index (Phi) is 5.27. The summed E-state index contributed by atoms with van der Waals surface area (Å²) in [4.78, 5) is 8.59. The van der Waals surface area contributed by atoms with Crippen LogP contribution in [0.15, 0.2) is 6.33 Å². The van der Waals surface area contributed by atoms with Crippen molar-refractivity contribution in [2.75, 3.05) is 17.0 Å². The van der Waals surface area contributed by atoms with E-state index in [0.29, 0.717) is 6.04 Å². The molecule has 0 bridgehead atoms. The van der Waals surface area contributed by atoms with Crippen LogP contribution in [-0.2, 0) is 6.42 Å². The molecule has 1 aromatic rings. The number of anilines is 2. The lowest BCUT2D eigenvalue weighted by Crippen LogP contribution is -2.20. The van der Waals surface area contributed by atoms with E-state index in [1.807, 2.05) is 11.8 Å². The number of hydrogen-bond acceptors (Lipinski definition) is 6. The minimum atomic E-state index is 0.522. The number of thioether (sulfide) groups is 1. The van der Waals surface area contributed by atoms with Gasteiger partial charge in [-0.1, -0.05) is 13.3 Å². The highest BCUT2D eigenvalue weighted by molar-refractivity contribution is 7.99. The topological polar surface area (TPSA) is 75.9 Å². The number of hydrazine groups is 1. The van der Waals surface area contributed by atoms with E-state index < -0.39 is 0 Å². The first kappa shape index (κ1) is 14.4. The highest BCUT2D eigenvalue weighted by Gasteiger charge is 2.25. The lowest BCUT2D eigenvalue weighted by molar-refractivity contribution is 0.746. The minimum absolute atomic E-state index is 0.522. The number of hydrogen-bond donors (Lipinski definition) is 3. The van der Waals surface area contributed by atoms with Crippen molar-refractivity contribution < 1.29 is 0 Å². The molecule has 0 saturated heterocycles. The number of aromatic nitrogens is 2. The molecular weight excluding hydrogens is 258 g/mol. The van der Waals surface area contributed by atoms with Crippen LogP contribution in [0.5, 0.6) is 0 Å². The van der Waals surface area contributed by atoms with Crippen molar-refractivity contribution in [3.8, 4) is 0 Å². The minimum Gasteiger partial charge on any atom is -0.367 e. The normalized spacial score (nSPS) is 22.5. The molecule has 2 unspecified atom stereocenters. The summed E-state index contributed by atoms with van der Waals surface area (Å²) in [5, 5.41) is 4.35. The predicted octanol–water partition coefficient (Wildman–Crippen LogP) is 2.41. The molecule has 1 aliphatic rings. The van der Waals surface area contributed by atoms with Crippen LogP contribution in [0.1, 0.15) is 38.2 Å². The Labute approximate surface area is 119 Å². The molecule has 0 radical (unpaired) electrons. The monoisotopic (exact) mass is 281 g/mol. The Balaban J connectivity index is 2.11. The van der Waals surface area contributed by atoms with Gasteiger partial charge in [0.2, 0.25) is 0 Å². The van der Waals surface area contributed by atoms with Crippen LogP contribution < -0.4 is 16.6 Å². The lowest BCUT2D eigenvalue weighted by atomic mass is 10.1. The van der Waals surface area contributed by atoms with E-state index >= 15 is 0 Å². The van der Waals surface area contributed by atoms with Gasteiger partial charge < -0.3 is 10.7 Å². The second-order valence-corrected chi connectivity index (χ2v) is 6.09. The lowest BCUT2D eigenvalue weighted by Gasteiger charge is -2.17. The summed E-state index contributed by atoms with van der Waals surface area (Å²) in [6.07, 6.45) is 9.45. The number of nitrogens with zero attached hydrogens (tertiary/aromatic N) is 2. The van der Waals surface area contributed by atoms with Gasteiger partial charge >= 0.3 is 0 Å². The van der Waals surface area contributed by atoms with Gasteiger partial charge in [-0.2, -0.15) is 11.8 Å². The van der Waals surface area contributed by atoms with Gasteiger partial charge in [-0.25, -0.2) is 15.8 Å². The first-order valence-electron chi connectivity index (χ1n) is 6.88. The Morgan fingerprint density at radius 2 is 2.16 bits per heavy atom. The largest absolute Gasteiger partial charge is 0.367 e. The van der Waals surface area contributed by atoms with Crippen molar-refractivity contribution >= 4 is 23.4 Å². The van der Waals surface area contributed by atoms with E-state index in [4.69, 9.17) is 5.84 Å². The first-order valence-corrected chi connectivity index (χ1v) is 8.17. The third-order valence-electron chi connectivity index (χ3n) is 3.64. The summed E-state index contributed by atoms with van der Waals surface area (Å²) in [6.45, 7) is 2.15. The van der Waals surface area contributed by atoms with Crippen molar-refractivity contribution in [2.45, 2.75) is 50.3 Å². The third-order valence-corrected chi connectivity index (χ3v) is 4.74. The van der Waals surface area contributed by atoms with Crippen molar-refractivity contribution in [1.29, 1.82) is 0 Å². The van der Waals surface area contributed by atoms with E-state index in [-0.39, 0.29) is 0 Å². The smallest absolute Gasteiger partial charge is 0.148 e. The second kappa shape index (κ2) is 6.96. The molecule has 0 aliphatic heterocycles. The molecule has 0 aromatic carbocycles. The SMILES string of the molecule is CCCc1c(NN)ncnc1NC1CCC(SC)C1. The number of rotatable bonds is 6. The maximum Gasteiger partial charge on any atom is 0.148 e. The number of nitrogens with two attached hydrogens (primary N) is 1. The Hall–Kier alpha value is -1.01. The Morgan fingerprint density at radius 3 is 2.79 bits per heavy atom. The number of nitrogen functional groups attached to an aromatic ring is 1. The molecule has 4 N–H and O–H groups in total. The summed E-state index contributed by atoms with van der Waals surface area (Å²) < 4.78 is 0. The van der Waals surface area contributed by atoms with Gasteiger partial charge in [-0.3, -0.25) is 0 Å². The van der Waals surface area contributed by atoms with Crippen LogP contribution in [0.25, 0.3) is 0 Å². The summed E-state index contributed by atoms with van der Waals surface area (Å²) in [6, 6.07) is 0.522. The van der Waals surface area contributed by atoms with Gasteiger partial charge in [0.05, 0.1) is 0 Å². The van der Waals surface area contributed by atoms with Crippen molar-refractivity contribution in [2.24, 2.45) is 5.84 Å². The van der Waals surface area contributed by atoms with Gasteiger partial charge in [0.1, 0.15) is 18.0 Å². The molecule has 2 rings (SSSR count). The zero-order valence-corrected chi connectivity index (χ0v) is 12.5. The van der Waals surface area contributed by atoms with E-state index in [2.05, 4.69) is 33.9 Å². The zero-order chi connectivity index (χ0) is 13.7. The molecule has 1 aromatic heterocycles.